The van der Waals surface area contributed by atoms with Crippen LogP contribution in [0, 0.1) is 0 Å². The Hall–Kier alpha value is -1.36. The molecule has 20 heavy (non-hydrogen) atoms. The lowest BCUT2D eigenvalue weighted by molar-refractivity contribution is 0.158. The van der Waals surface area contributed by atoms with Crippen molar-refractivity contribution in [2.45, 2.75) is 38.0 Å². The van der Waals surface area contributed by atoms with E-state index in [-0.39, 0.29) is 0 Å². The number of nitrogens with two attached hydrogens (primary N) is 1. The summed E-state index contributed by atoms with van der Waals surface area (Å²) in [6.45, 7) is 6.54. The Kier molecular flexibility index (Phi) is 7.95. The minimum absolute atomic E-state index is 0.460. The maximum Gasteiger partial charge on any atom is 0.136 e. The summed E-state index contributed by atoms with van der Waals surface area (Å²) >= 11 is 4.28. The average Bonchev–Trinajstić information content (AvgIpc) is 2.47. The van der Waals surface area contributed by atoms with Crippen LogP contribution in [0.15, 0.2) is 34.3 Å². The van der Waals surface area contributed by atoms with Crippen LogP contribution < -0.4 is 10.6 Å². The van der Waals surface area contributed by atoms with E-state index in [9.17, 15) is 0 Å². The number of oxime groups is 1. The van der Waals surface area contributed by atoms with Crippen LogP contribution >= 0.6 is 12.6 Å². The fourth-order valence-electron chi connectivity index (χ4n) is 1.98. The first-order valence-electron chi connectivity index (χ1n) is 7.09. The quantitative estimate of drug-likeness (QED) is 0.389. The van der Waals surface area contributed by atoms with Crippen LogP contribution in [0.3, 0.4) is 0 Å². The lowest BCUT2D eigenvalue weighted by Gasteiger charge is -2.28. The van der Waals surface area contributed by atoms with E-state index in [4.69, 9.17) is 5.73 Å². The Bertz CT molecular complexity index is 396. The van der Waals surface area contributed by atoms with E-state index in [1.807, 2.05) is 6.92 Å². The summed E-state index contributed by atoms with van der Waals surface area (Å²) in [5, 5.41) is 3.44. The molecule has 1 aromatic carbocycles. The van der Waals surface area contributed by atoms with Gasteiger partial charge in [-0.05, 0) is 57.4 Å². The number of anilines is 1. The van der Waals surface area contributed by atoms with Crippen LogP contribution in [0.4, 0.5) is 5.69 Å². The molecule has 0 spiro atoms. The molecule has 2 N–H and O–H groups in total. The molecule has 0 amide bonds. The van der Waals surface area contributed by atoms with Gasteiger partial charge in [-0.3, -0.25) is 0 Å². The second kappa shape index (κ2) is 9.53. The highest BCUT2D eigenvalue weighted by Gasteiger charge is 2.09. The van der Waals surface area contributed by atoms with E-state index in [0.717, 1.165) is 4.90 Å². The number of hydrogen-bond acceptors (Lipinski definition) is 4. The van der Waals surface area contributed by atoms with Gasteiger partial charge in [-0.15, -0.1) is 12.6 Å². The molecule has 0 aromatic heterocycles. The second-order valence-electron chi connectivity index (χ2n) is 4.71. The molecule has 0 radical (unpaired) electrons. The third-order valence-electron chi connectivity index (χ3n) is 2.91. The summed E-state index contributed by atoms with van der Waals surface area (Å²) in [4.78, 5) is 8.06. The zero-order valence-corrected chi connectivity index (χ0v) is 13.3. The number of hydrogen-bond donors (Lipinski definition) is 2. The molecule has 1 aliphatic rings. The molecule has 4 nitrogen and oxygen atoms in total. The summed E-state index contributed by atoms with van der Waals surface area (Å²) in [6, 6.07) is 8.45. The fourth-order valence-corrected chi connectivity index (χ4v) is 2.13. The van der Waals surface area contributed by atoms with Gasteiger partial charge in [0.15, 0.2) is 0 Å². The van der Waals surface area contributed by atoms with Gasteiger partial charge in [0.1, 0.15) is 12.4 Å². The summed E-state index contributed by atoms with van der Waals surface area (Å²) in [5.41, 5.74) is 6.45. The zero-order chi connectivity index (χ0) is 14.8. The van der Waals surface area contributed by atoms with E-state index < -0.39 is 0 Å². The van der Waals surface area contributed by atoms with Crippen LogP contribution in [0.25, 0.3) is 0 Å². The largest absolute Gasteiger partial charge is 0.395 e. The van der Waals surface area contributed by atoms with Gasteiger partial charge >= 0.3 is 0 Å². The van der Waals surface area contributed by atoms with Crippen LogP contribution in [0.1, 0.15) is 33.1 Å². The van der Waals surface area contributed by atoms with Gasteiger partial charge in [0.05, 0.1) is 0 Å². The molecular formula is C15H25N3OS. The Morgan fingerprint density at radius 3 is 2.30 bits per heavy atom. The molecule has 0 atom stereocenters. The van der Waals surface area contributed by atoms with E-state index in [0.29, 0.717) is 12.4 Å². The van der Waals surface area contributed by atoms with Gasteiger partial charge in [0, 0.05) is 23.7 Å². The predicted molar refractivity (Wildman–Crippen MR) is 88.7 cm³/mol. The van der Waals surface area contributed by atoms with Crippen molar-refractivity contribution in [1.29, 1.82) is 0 Å². The number of benzene rings is 1. The topological polar surface area (TPSA) is 50.9 Å². The highest BCUT2D eigenvalue weighted by Crippen LogP contribution is 2.20. The van der Waals surface area contributed by atoms with Gasteiger partial charge in [0.25, 0.3) is 0 Å². The standard InChI is InChI=1S/C11H15NS.C4H10N2O/c13-11-6-4-10(5-7-11)12-8-2-1-3-9-12;1-3-7-6-4(2)5/h4-7,13H,1-3,8-9H2;3H2,1-2H3,(H2,5,6). The first-order chi connectivity index (χ1) is 9.63. The van der Waals surface area contributed by atoms with Crippen LogP contribution in [-0.2, 0) is 4.84 Å². The van der Waals surface area contributed by atoms with Crippen LogP contribution in [0.5, 0.6) is 0 Å². The first-order valence-corrected chi connectivity index (χ1v) is 7.54. The maximum absolute atomic E-state index is 5.10. The second-order valence-corrected chi connectivity index (χ2v) is 5.23. The minimum atomic E-state index is 0.460. The monoisotopic (exact) mass is 295 g/mol. The maximum atomic E-state index is 5.10. The molecule has 1 aliphatic heterocycles. The molecule has 5 heteroatoms. The SMILES string of the molecule is CCO/N=C(\C)N.Sc1ccc(N2CCCCC2)cc1. The Morgan fingerprint density at radius 2 is 1.85 bits per heavy atom. The predicted octanol–water partition coefficient (Wildman–Crippen LogP) is 3.28. The molecule has 1 saturated heterocycles. The Balaban J connectivity index is 0.000000246. The summed E-state index contributed by atoms with van der Waals surface area (Å²) in [5.74, 6) is 0.460. The molecule has 0 unspecified atom stereocenters. The molecule has 112 valence electrons. The fraction of sp³-hybridized carbons (Fsp3) is 0.533. The molecule has 1 heterocycles. The summed E-state index contributed by atoms with van der Waals surface area (Å²) < 4.78 is 0. The smallest absolute Gasteiger partial charge is 0.136 e. The normalized spacial score (nSPS) is 15.3. The van der Waals surface area contributed by atoms with E-state index in [1.165, 1.54) is 38.0 Å². The van der Waals surface area contributed by atoms with Gasteiger partial charge in [0.2, 0.25) is 0 Å². The summed E-state index contributed by atoms with van der Waals surface area (Å²) in [6.07, 6.45) is 4.06. The highest BCUT2D eigenvalue weighted by atomic mass is 32.1. The Morgan fingerprint density at radius 1 is 1.25 bits per heavy atom. The molecule has 0 saturated carbocycles. The van der Waals surface area contributed by atoms with Crippen LogP contribution in [-0.4, -0.2) is 25.5 Å². The van der Waals surface area contributed by atoms with Gasteiger partial charge in [-0.25, -0.2) is 0 Å². The number of rotatable bonds is 3. The van der Waals surface area contributed by atoms with Crippen molar-refractivity contribution in [3.05, 3.63) is 24.3 Å². The number of amidine groups is 1. The third-order valence-corrected chi connectivity index (χ3v) is 3.21. The molecule has 1 aromatic rings. The Labute approximate surface area is 127 Å². The van der Waals surface area contributed by atoms with Gasteiger partial charge in [-0.2, -0.15) is 0 Å². The van der Waals surface area contributed by atoms with Crippen molar-refractivity contribution in [3.8, 4) is 0 Å². The van der Waals surface area contributed by atoms with Gasteiger partial charge in [-0.1, -0.05) is 5.16 Å². The molecular weight excluding hydrogens is 270 g/mol. The molecule has 0 aliphatic carbocycles. The lowest BCUT2D eigenvalue weighted by Crippen LogP contribution is -2.29. The van der Waals surface area contributed by atoms with E-state index in [1.54, 1.807) is 6.92 Å². The minimum Gasteiger partial charge on any atom is -0.395 e. The first kappa shape index (κ1) is 16.7. The number of thiol groups is 1. The number of nitrogens with zero attached hydrogens (tertiary/aromatic N) is 2. The lowest BCUT2D eigenvalue weighted by atomic mass is 10.1. The molecule has 2 rings (SSSR count). The zero-order valence-electron chi connectivity index (χ0n) is 12.4. The van der Waals surface area contributed by atoms with Crippen molar-refractivity contribution in [2.24, 2.45) is 10.9 Å². The third kappa shape index (κ3) is 6.70. The van der Waals surface area contributed by atoms with Crippen molar-refractivity contribution in [1.82, 2.24) is 0 Å². The average molecular weight is 295 g/mol. The molecule has 0 bridgehead atoms. The highest BCUT2D eigenvalue weighted by molar-refractivity contribution is 7.80. The van der Waals surface area contributed by atoms with Crippen molar-refractivity contribution in [3.63, 3.8) is 0 Å². The van der Waals surface area contributed by atoms with Crippen LogP contribution in [0.2, 0.25) is 0 Å². The van der Waals surface area contributed by atoms with Crippen molar-refractivity contribution in [2.75, 3.05) is 24.6 Å². The summed E-state index contributed by atoms with van der Waals surface area (Å²) in [7, 11) is 0. The molecule has 1 fully saturated rings. The van der Waals surface area contributed by atoms with E-state index in [2.05, 4.69) is 51.8 Å². The number of piperidine rings is 1. The van der Waals surface area contributed by atoms with Gasteiger partial charge < -0.3 is 15.5 Å². The van der Waals surface area contributed by atoms with Crippen molar-refractivity contribution < 1.29 is 4.84 Å². The van der Waals surface area contributed by atoms with E-state index >= 15 is 0 Å². The van der Waals surface area contributed by atoms with Crippen molar-refractivity contribution >= 4 is 24.2 Å².